The maximum Gasteiger partial charge on any atom is 0.290 e. The van der Waals surface area contributed by atoms with Crippen molar-refractivity contribution in [2.45, 2.75) is 13.8 Å². The van der Waals surface area contributed by atoms with Gasteiger partial charge in [-0.2, -0.15) is 0 Å². The number of likely N-dealkylation sites (N-methyl/N-ethyl adjacent to an activating group) is 1. The van der Waals surface area contributed by atoms with E-state index in [-0.39, 0.29) is 11.1 Å². The third-order valence-electron chi connectivity index (χ3n) is 3.41. The van der Waals surface area contributed by atoms with Crippen LogP contribution in [0.2, 0.25) is 0 Å². The van der Waals surface area contributed by atoms with Gasteiger partial charge in [0.25, 0.3) is 11.1 Å². The smallest absolute Gasteiger partial charge is 0.290 e. The molecule has 1 saturated heterocycles. The van der Waals surface area contributed by atoms with Gasteiger partial charge in [0.2, 0.25) is 0 Å². The predicted molar refractivity (Wildman–Crippen MR) is 88.8 cm³/mol. The maximum atomic E-state index is 11.6. The van der Waals surface area contributed by atoms with Crippen LogP contribution in [0.5, 0.6) is 5.75 Å². The summed E-state index contributed by atoms with van der Waals surface area (Å²) in [7, 11) is 0. The van der Waals surface area contributed by atoms with Crippen molar-refractivity contribution >= 4 is 29.0 Å². The minimum atomic E-state index is -0.354. The molecule has 1 aliphatic heterocycles. The van der Waals surface area contributed by atoms with Crippen LogP contribution in [0, 0.1) is 0 Å². The highest BCUT2D eigenvalue weighted by Gasteiger charge is 2.25. The van der Waals surface area contributed by atoms with Gasteiger partial charge < -0.3 is 9.64 Å². The van der Waals surface area contributed by atoms with Crippen molar-refractivity contribution in [1.29, 1.82) is 0 Å². The van der Waals surface area contributed by atoms with Gasteiger partial charge in [0, 0.05) is 12.1 Å². The summed E-state index contributed by atoms with van der Waals surface area (Å²) in [5, 5.41) is 1.91. The fourth-order valence-corrected chi connectivity index (χ4v) is 2.79. The Hall–Kier alpha value is -1.79. The molecule has 0 aliphatic carbocycles. The molecule has 2 rings (SSSR count). The molecule has 0 spiro atoms. The van der Waals surface area contributed by atoms with Crippen molar-refractivity contribution in [3.63, 3.8) is 0 Å². The van der Waals surface area contributed by atoms with Gasteiger partial charge in [-0.25, -0.2) is 0 Å². The maximum absolute atomic E-state index is 11.6. The molecule has 1 fully saturated rings. The van der Waals surface area contributed by atoms with E-state index < -0.39 is 0 Å². The average molecular weight is 320 g/mol. The average Bonchev–Trinajstić information content (AvgIpc) is 2.83. The normalized spacial score (nSPS) is 16.4. The van der Waals surface area contributed by atoms with Crippen molar-refractivity contribution < 1.29 is 14.3 Å². The minimum absolute atomic E-state index is 0.337. The monoisotopic (exact) mass is 320 g/mol. The van der Waals surface area contributed by atoms with Gasteiger partial charge in [-0.05, 0) is 37.0 Å². The van der Waals surface area contributed by atoms with Crippen molar-refractivity contribution in [1.82, 2.24) is 10.2 Å². The molecule has 0 radical (unpaired) electrons. The summed E-state index contributed by atoms with van der Waals surface area (Å²) in [6.45, 7) is 7.66. The van der Waals surface area contributed by atoms with E-state index in [1.807, 2.05) is 24.3 Å². The van der Waals surface area contributed by atoms with Crippen LogP contribution in [-0.2, 0) is 4.79 Å². The molecule has 0 aromatic heterocycles. The first-order chi connectivity index (χ1) is 10.6. The first-order valence-electron chi connectivity index (χ1n) is 7.33. The van der Waals surface area contributed by atoms with Gasteiger partial charge in [0.15, 0.2) is 0 Å². The third-order valence-corrected chi connectivity index (χ3v) is 4.22. The van der Waals surface area contributed by atoms with E-state index in [1.54, 1.807) is 6.08 Å². The van der Waals surface area contributed by atoms with Crippen molar-refractivity contribution in [2.75, 3.05) is 26.2 Å². The molecule has 1 aromatic rings. The van der Waals surface area contributed by atoms with Crippen LogP contribution in [-0.4, -0.2) is 42.3 Å². The Morgan fingerprint density at radius 2 is 1.95 bits per heavy atom. The lowest BCUT2D eigenvalue weighted by Gasteiger charge is -2.18. The first-order valence-corrected chi connectivity index (χ1v) is 8.14. The topological polar surface area (TPSA) is 58.6 Å². The number of hydrogen-bond acceptors (Lipinski definition) is 5. The predicted octanol–water partition coefficient (Wildman–Crippen LogP) is 2.73. The van der Waals surface area contributed by atoms with Gasteiger partial charge >= 0.3 is 0 Å². The lowest BCUT2D eigenvalue weighted by molar-refractivity contribution is -0.115. The zero-order valence-corrected chi connectivity index (χ0v) is 13.6. The lowest BCUT2D eigenvalue weighted by atomic mass is 10.2. The van der Waals surface area contributed by atoms with E-state index in [1.165, 1.54) is 0 Å². The Balaban J connectivity index is 2.06. The number of carbonyl (C=O) groups is 2. The van der Waals surface area contributed by atoms with Gasteiger partial charge in [-0.15, -0.1) is 0 Å². The second kappa shape index (κ2) is 8.00. The highest BCUT2D eigenvalue weighted by atomic mass is 32.2. The summed E-state index contributed by atoms with van der Waals surface area (Å²) in [4.78, 5) is 25.5. The van der Waals surface area contributed by atoms with Crippen molar-refractivity contribution in [3.8, 4) is 5.75 Å². The fourth-order valence-electron chi connectivity index (χ4n) is 2.12. The number of thioether (sulfide) groups is 1. The molecular formula is C16H20N2O3S. The fraction of sp³-hybridized carbons (Fsp3) is 0.375. The first kappa shape index (κ1) is 16.6. The van der Waals surface area contributed by atoms with Crippen LogP contribution in [0.15, 0.2) is 29.2 Å². The number of carbonyl (C=O) groups excluding carboxylic acids is 2. The Bertz CT molecular complexity index is 583. The van der Waals surface area contributed by atoms with Crippen LogP contribution < -0.4 is 10.1 Å². The van der Waals surface area contributed by atoms with E-state index in [0.717, 1.165) is 42.7 Å². The second-order valence-corrected chi connectivity index (χ2v) is 5.78. The number of benzene rings is 1. The molecule has 1 heterocycles. The number of ether oxygens (including phenoxy) is 1. The van der Waals surface area contributed by atoms with E-state index >= 15 is 0 Å². The van der Waals surface area contributed by atoms with Crippen LogP contribution in [0.3, 0.4) is 0 Å². The Kier molecular flexibility index (Phi) is 6.03. The van der Waals surface area contributed by atoms with Crippen LogP contribution in [0.4, 0.5) is 4.79 Å². The SMILES string of the molecule is CCN(CC)CCOc1ccccc1C=C1SC(=O)NC1=O. The number of amides is 2. The molecule has 118 valence electrons. The zero-order chi connectivity index (χ0) is 15.9. The molecule has 1 aliphatic rings. The summed E-state index contributed by atoms with van der Waals surface area (Å²) in [6.07, 6.45) is 1.69. The van der Waals surface area contributed by atoms with Gasteiger partial charge in [-0.3, -0.25) is 14.9 Å². The van der Waals surface area contributed by atoms with E-state index in [4.69, 9.17) is 4.74 Å². The van der Waals surface area contributed by atoms with Crippen LogP contribution >= 0.6 is 11.8 Å². The molecule has 0 unspecified atom stereocenters. The third kappa shape index (κ3) is 4.35. The highest BCUT2D eigenvalue weighted by Crippen LogP contribution is 2.28. The molecule has 22 heavy (non-hydrogen) atoms. The molecule has 0 bridgehead atoms. The van der Waals surface area contributed by atoms with E-state index in [0.29, 0.717) is 11.5 Å². The number of nitrogens with zero attached hydrogens (tertiary/aromatic N) is 1. The number of nitrogens with one attached hydrogen (secondary N) is 1. The molecule has 0 atom stereocenters. The molecule has 0 saturated carbocycles. The zero-order valence-electron chi connectivity index (χ0n) is 12.8. The summed E-state index contributed by atoms with van der Waals surface area (Å²) < 4.78 is 5.83. The molecule has 1 N–H and O–H groups in total. The Labute approximate surface area is 134 Å². The highest BCUT2D eigenvalue weighted by molar-refractivity contribution is 8.18. The summed E-state index contributed by atoms with van der Waals surface area (Å²) in [5.41, 5.74) is 0.800. The standard InChI is InChI=1S/C16H20N2O3S/c1-3-18(4-2)9-10-21-13-8-6-5-7-12(13)11-14-15(19)17-16(20)22-14/h5-8,11H,3-4,9-10H2,1-2H3,(H,17,19,20). The summed E-state index contributed by atoms with van der Waals surface area (Å²) in [5.74, 6) is 0.364. The number of para-hydroxylation sites is 1. The quantitative estimate of drug-likeness (QED) is 0.783. The molecule has 6 heteroatoms. The van der Waals surface area contributed by atoms with Crippen LogP contribution in [0.1, 0.15) is 19.4 Å². The lowest BCUT2D eigenvalue weighted by Crippen LogP contribution is -2.28. The number of imide groups is 1. The van der Waals surface area contributed by atoms with Crippen LogP contribution in [0.25, 0.3) is 6.08 Å². The second-order valence-electron chi connectivity index (χ2n) is 4.77. The number of rotatable bonds is 7. The molecular weight excluding hydrogens is 300 g/mol. The van der Waals surface area contributed by atoms with Crippen molar-refractivity contribution in [3.05, 3.63) is 34.7 Å². The summed E-state index contributed by atoms with van der Waals surface area (Å²) >= 11 is 0.911. The van der Waals surface area contributed by atoms with Gasteiger partial charge in [-0.1, -0.05) is 32.0 Å². The molecule has 5 nitrogen and oxygen atoms in total. The Morgan fingerprint density at radius 1 is 1.23 bits per heavy atom. The molecule has 1 aromatic carbocycles. The van der Waals surface area contributed by atoms with E-state index in [2.05, 4.69) is 24.1 Å². The minimum Gasteiger partial charge on any atom is -0.492 e. The molecule has 2 amide bonds. The van der Waals surface area contributed by atoms with Gasteiger partial charge in [0.1, 0.15) is 12.4 Å². The van der Waals surface area contributed by atoms with Gasteiger partial charge in [0.05, 0.1) is 4.91 Å². The van der Waals surface area contributed by atoms with E-state index in [9.17, 15) is 9.59 Å². The Morgan fingerprint density at radius 3 is 2.59 bits per heavy atom. The van der Waals surface area contributed by atoms with Crippen molar-refractivity contribution in [2.24, 2.45) is 0 Å². The number of hydrogen-bond donors (Lipinski definition) is 1. The largest absolute Gasteiger partial charge is 0.492 e. The summed E-state index contributed by atoms with van der Waals surface area (Å²) in [6, 6.07) is 7.51.